The lowest BCUT2D eigenvalue weighted by Gasteiger charge is -2.15. The molecule has 2 rings (SSSR count). The number of carbonyl (C=O) groups excluding carboxylic acids is 3. The summed E-state index contributed by atoms with van der Waals surface area (Å²) in [6, 6.07) is 5.70. The van der Waals surface area contributed by atoms with Gasteiger partial charge < -0.3 is 24.8 Å². The molecule has 1 aliphatic heterocycles. The summed E-state index contributed by atoms with van der Waals surface area (Å²) < 4.78 is 15.5. The number of Topliss-reactive ketones (excluding diaryl/α,β-unsaturated/α-hetero) is 1. The van der Waals surface area contributed by atoms with Crippen molar-refractivity contribution in [1.29, 1.82) is 0 Å². The highest BCUT2D eigenvalue weighted by Gasteiger charge is 2.20. The monoisotopic (exact) mass is 378 g/mol. The van der Waals surface area contributed by atoms with Crippen LogP contribution in [0.15, 0.2) is 24.3 Å². The molecule has 27 heavy (non-hydrogen) atoms. The minimum absolute atomic E-state index is 0.0453. The van der Waals surface area contributed by atoms with Crippen LogP contribution in [0.5, 0.6) is 5.75 Å². The summed E-state index contributed by atoms with van der Waals surface area (Å²) in [7, 11) is 0. The molecule has 0 radical (unpaired) electrons. The Morgan fingerprint density at radius 1 is 1.22 bits per heavy atom. The Bertz CT molecular complexity index is 640. The van der Waals surface area contributed by atoms with Crippen LogP contribution in [-0.4, -0.2) is 62.7 Å². The third-order valence-corrected chi connectivity index (χ3v) is 4.04. The second-order valence-corrected chi connectivity index (χ2v) is 6.20. The smallest absolute Gasteiger partial charge is 0.344 e. The van der Waals surface area contributed by atoms with E-state index in [9.17, 15) is 14.4 Å². The van der Waals surface area contributed by atoms with Gasteiger partial charge in [-0.3, -0.25) is 9.59 Å². The van der Waals surface area contributed by atoms with Gasteiger partial charge in [0.1, 0.15) is 12.4 Å². The van der Waals surface area contributed by atoms with E-state index in [0.717, 1.165) is 19.5 Å². The van der Waals surface area contributed by atoms with E-state index in [0.29, 0.717) is 17.9 Å². The normalized spacial score (nSPS) is 17.2. The van der Waals surface area contributed by atoms with E-state index in [1.807, 2.05) is 0 Å². The Balaban J connectivity index is 1.77. The maximum absolute atomic E-state index is 12.4. The van der Waals surface area contributed by atoms with Crippen LogP contribution in [0.25, 0.3) is 0 Å². The molecule has 0 aliphatic carbocycles. The third-order valence-electron chi connectivity index (χ3n) is 4.04. The van der Waals surface area contributed by atoms with Crippen LogP contribution in [0.2, 0.25) is 0 Å². The van der Waals surface area contributed by atoms with Crippen LogP contribution in [-0.2, 0) is 19.1 Å². The van der Waals surface area contributed by atoms with Gasteiger partial charge in [-0.2, -0.15) is 0 Å². The highest BCUT2D eigenvalue weighted by Crippen LogP contribution is 2.14. The van der Waals surface area contributed by atoms with Crippen molar-refractivity contribution in [3.05, 3.63) is 29.8 Å². The first kappa shape index (κ1) is 20.9. The van der Waals surface area contributed by atoms with Crippen LogP contribution in [0.4, 0.5) is 0 Å². The topological polar surface area (TPSA) is 103 Å². The Morgan fingerprint density at radius 2 is 1.96 bits per heavy atom. The molecule has 0 bridgehead atoms. The molecule has 1 saturated heterocycles. The fraction of sp³-hybridized carbons (Fsp3) is 0.526. The van der Waals surface area contributed by atoms with Gasteiger partial charge in [-0.25, -0.2) is 4.79 Å². The summed E-state index contributed by atoms with van der Waals surface area (Å²) in [5.41, 5.74) is 0.437. The fourth-order valence-corrected chi connectivity index (χ4v) is 2.62. The summed E-state index contributed by atoms with van der Waals surface area (Å²) in [5.74, 6) is -0.542. The van der Waals surface area contributed by atoms with E-state index in [-0.39, 0.29) is 31.0 Å². The van der Waals surface area contributed by atoms with Crippen LogP contribution in [0.3, 0.4) is 0 Å². The molecule has 8 nitrogen and oxygen atoms in total. The largest absolute Gasteiger partial charge is 0.482 e. The highest BCUT2D eigenvalue weighted by molar-refractivity contribution is 6.01. The van der Waals surface area contributed by atoms with Gasteiger partial charge in [-0.15, -0.1) is 0 Å². The molecule has 0 saturated carbocycles. The van der Waals surface area contributed by atoms with Crippen molar-refractivity contribution in [1.82, 2.24) is 10.6 Å². The Hall–Kier alpha value is -2.45. The fourth-order valence-electron chi connectivity index (χ4n) is 2.62. The molecule has 1 amide bonds. The number of rotatable bonds is 10. The number of nitrogens with one attached hydrogen (secondary N) is 2. The van der Waals surface area contributed by atoms with Crippen molar-refractivity contribution in [3.63, 3.8) is 0 Å². The summed E-state index contributed by atoms with van der Waals surface area (Å²) in [6.45, 7) is 5.02. The van der Waals surface area contributed by atoms with Crippen LogP contribution in [0.1, 0.15) is 30.6 Å². The average molecular weight is 378 g/mol. The lowest BCUT2D eigenvalue weighted by atomic mass is 10.1. The molecule has 1 heterocycles. The van der Waals surface area contributed by atoms with Crippen LogP contribution >= 0.6 is 0 Å². The minimum atomic E-state index is -0.672. The van der Waals surface area contributed by atoms with Crippen molar-refractivity contribution >= 4 is 17.7 Å². The predicted octanol–water partition coefficient (Wildman–Crippen LogP) is 0.694. The number of amides is 1. The maximum atomic E-state index is 12.4. The number of hydrogen-bond acceptors (Lipinski definition) is 7. The summed E-state index contributed by atoms with van der Waals surface area (Å²) in [5, 5.41) is 5.80. The molecule has 0 unspecified atom stereocenters. The standard InChI is InChI=1S/C19H26N2O6/c1-3-25-18(23)12-27-15-6-4-14(5-7-15)19(24)13(2)21-17(22)11-26-16-8-9-20-10-16/h4-7,13,16,20H,3,8-12H2,1-2H3,(H,21,22)/t13-,16+/m0/s1. The lowest BCUT2D eigenvalue weighted by molar-refractivity contribution is -0.145. The van der Waals surface area contributed by atoms with Crippen molar-refractivity contribution in [2.75, 3.05) is 32.9 Å². The molecule has 2 atom stereocenters. The first-order valence-corrected chi connectivity index (χ1v) is 9.04. The van der Waals surface area contributed by atoms with Gasteiger partial charge in [-0.05, 0) is 51.1 Å². The van der Waals surface area contributed by atoms with Gasteiger partial charge in [0.05, 0.1) is 18.8 Å². The van der Waals surface area contributed by atoms with Crippen molar-refractivity contribution in [2.24, 2.45) is 0 Å². The molecule has 0 spiro atoms. The summed E-state index contributed by atoms with van der Waals surface area (Å²) in [6.07, 6.45) is 0.927. The minimum Gasteiger partial charge on any atom is -0.482 e. The third kappa shape index (κ3) is 6.99. The molecule has 8 heteroatoms. The summed E-state index contributed by atoms with van der Waals surface area (Å²) in [4.78, 5) is 35.6. The second kappa shape index (κ2) is 10.6. The predicted molar refractivity (Wildman–Crippen MR) is 97.7 cm³/mol. The lowest BCUT2D eigenvalue weighted by Crippen LogP contribution is -2.41. The van der Waals surface area contributed by atoms with E-state index >= 15 is 0 Å². The molecule has 1 aromatic carbocycles. The molecule has 1 fully saturated rings. The molecule has 0 aromatic heterocycles. The zero-order valence-corrected chi connectivity index (χ0v) is 15.7. The van der Waals surface area contributed by atoms with E-state index in [4.69, 9.17) is 14.2 Å². The number of ketones is 1. The Kier molecular flexibility index (Phi) is 8.22. The molecular weight excluding hydrogens is 352 g/mol. The first-order valence-electron chi connectivity index (χ1n) is 9.04. The number of hydrogen-bond donors (Lipinski definition) is 2. The van der Waals surface area contributed by atoms with Gasteiger partial charge >= 0.3 is 5.97 Å². The van der Waals surface area contributed by atoms with Gasteiger partial charge in [0, 0.05) is 12.1 Å². The van der Waals surface area contributed by atoms with Crippen molar-refractivity contribution in [3.8, 4) is 5.75 Å². The SMILES string of the molecule is CCOC(=O)COc1ccc(C(=O)[C@H](C)NC(=O)CO[C@@H]2CCNC2)cc1. The van der Waals surface area contributed by atoms with E-state index < -0.39 is 12.0 Å². The van der Waals surface area contributed by atoms with E-state index in [1.54, 1.807) is 38.1 Å². The number of carbonyl (C=O) groups is 3. The number of esters is 1. The van der Waals surface area contributed by atoms with Gasteiger partial charge in [0.25, 0.3) is 0 Å². The molecule has 2 N–H and O–H groups in total. The van der Waals surface area contributed by atoms with Gasteiger partial charge in [-0.1, -0.05) is 0 Å². The van der Waals surface area contributed by atoms with Crippen LogP contribution < -0.4 is 15.4 Å². The molecule has 1 aliphatic rings. The number of ether oxygens (including phenoxy) is 3. The highest BCUT2D eigenvalue weighted by atomic mass is 16.6. The van der Waals surface area contributed by atoms with Crippen molar-refractivity contribution in [2.45, 2.75) is 32.4 Å². The molecule has 1 aromatic rings. The van der Waals surface area contributed by atoms with Gasteiger partial charge in [0.2, 0.25) is 5.91 Å². The van der Waals surface area contributed by atoms with Crippen molar-refractivity contribution < 1.29 is 28.6 Å². The second-order valence-electron chi connectivity index (χ2n) is 6.20. The first-order chi connectivity index (χ1) is 13.0. The zero-order chi connectivity index (χ0) is 19.6. The molecular formula is C19H26N2O6. The summed E-state index contributed by atoms with van der Waals surface area (Å²) >= 11 is 0. The van der Waals surface area contributed by atoms with Crippen LogP contribution in [0, 0.1) is 0 Å². The van der Waals surface area contributed by atoms with E-state index in [2.05, 4.69) is 10.6 Å². The Labute approximate surface area is 158 Å². The molecule has 148 valence electrons. The quantitative estimate of drug-likeness (QED) is 0.456. The Morgan fingerprint density at radius 3 is 2.59 bits per heavy atom. The maximum Gasteiger partial charge on any atom is 0.344 e. The van der Waals surface area contributed by atoms with Gasteiger partial charge in [0.15, 0.2) is 12.4 Å². The number of benzene rings is 1. The average Bonchev–Trinajstić information content (AvgIpc) is 3.18. The van der Waals surface area contributed by atoms with E-state index in [1.165, 1.54) is 0 Å². The zero-order valence-electron chi connectivity index (χ0n) is 15.7.